The third-order valence-electron chi connectivity index (χ3n) is 4.46. The first kappa shape index (κ1) is 18.3. The lowest BCUT2D eigenvalue weighted by molar-refractivity contribution is -0.153. The van der Waals surface area contributed by atoms with Crippen molar-refractivity contribution in [3.05, 3.63) is 59.7 Å². The van der Waals surface area contributed by atoms with Crippen LogP contribution in [0.15, 0.2) is 53.4 Å². The summed E-state index contributed by atoms with van der Waals surface area (Å²) in [6.45, 7) is 0.429. The molecule has 136 valence electrons. The minimum Gasteiger partial charge on any atom is -0.497 e. The van der Waals surface area contributed by atoms with Crippen LogP contribution < -0.4 is 4.74 Å². The molecule has 0 radical (unpaired) electrons. The molecule has 0 aliphatic carbocycles. The maximum absolute atomic E-state index is 12.8. The van der Waals surface area contributed by atoms with Crippen LogP contribution in [0.4, 0.5) is 0 Å². The molecular formula is C20H21NO4S. The summed E-state index contributed by atoms with van der Waals surface area (Å²) in [5.41, 5.74) is 2.17. The van der Waals surface area contributed by atoms with Crippen molar-refractivity contribution >= 4 is 23.6 Å². The second-order valence-corrected chi connectivity index (χ2v) is 7.05. The fourth-order valence-electron chi connectivity index (χ4n) is 3.03. The molecule has 1 aliphatic rings. The maximum atomic E-state index is 12.8. The molecule has 0 fully saturated rings. The molecule has 0 saturated carbocycles. The molecular weight excluding hydrogens is 350 g/mol. The van der Waals surface area contributed by atoms with Crippen LogP contribution in [0.25, 0.3) is 0 Å². The molecule has 1 aliphatic heterocycles. The molecule has 0 N–H and O–H groups in total. The van der Waals surface area contributed by atoms with Gasteiger partial charge in [-0.2, -0.15) is 0 Å². The number of thioether (sulfide) groups is 1. The lowest BCUT2D eigenvalue weighted by Crippen LogP contribution is -2.49. The summed E-state index contributed by atoms with van der Waals surface area (Å²) in [5, 5.41) is 0. The van der Waals surface area contributed by atoms with Crippen molar-refractivity contribution in [2.45, 2.75) is 23.9 Å². The van der Waals surface area contributed by atoms with E-state index in [4.69, 9.17) is 9.47 Å². The molecule has 0 saturated heterocycles. The van der Waals surface area contributed by atoms with Gasteiger partial charge in [0.05, 0.1) is 20.0 Å². The van der Waals surface area contributed by atoms with E-state index in [1.54, 1.807) is 12.0 Å². The van der Waals surface area contributed by atoms with Gasteiger partial charge in [0.25, 0.3) is 0 Å². The van der Waals surface area contributed by atoms with Crippen molar-refractivity contribution in [1.29, 1.82) is 0 Å². The number of nitrogens with zero attached hydrogens (tertiary/aromatic N) is 1. The number of methoxy groups -OCH3 is 2. The summed E-state index contributed by atoms with van der Waals surface area (Å²) in [7, 11) is 2.98. The molecule has 6 heteroatoms. The van der Waals surface area contributed by atoms with E-state index in [1.807, 2.05) is 48.5 Å². The predicted octanol–water partition coefficient (Wildman–Crippen LogP) is 2.91. The summed E-state index contributed by atoms with van der Waals surface area (Å²) < 4.78 is 10.1. The Morgan fingerprint density at radius 2 is 1.77 bits per heavy atom. The van der Waals surface area contributed by atoms with Crippen LogP contribution in [0.3, 0.4) is 0 Å². The molecule has 1 amide bonds. The summed E-state index contributed by atoms with van der Waals surface area (Å²) in [6.07, 6.45) is 0.488. The average molecular weight is 371 g/mol. The van der Waals surface area contributed by atoms with Crippen molar-refractivity contribution in [3.63, 3.8) is 0 Å². The average Bonchev–Trinajstić information content (AvgIpc) is 2.70. The summed E-state index contributed by atoms with van der Waals surface area (Å²) in [5.74, 6) is 0.597. The second kappa shape index (κ2) is 8.27. The van der Waals surface area contributed by atoms with E-state index in [0.717, 1.165) is 21.8 Å². The van der Waals surface area contributed by atoms with Crippen molar-refractivity contribution in [3.8, 4) is 5.75 Å². The van der Waals surface area contributed by atoms with Crippen LogP contribution >= 0.6 is 11.8 Å². The molecule has 3 rings (SSSR count). The van der Waals surface area contributed by atoms with Gasteiger partial charge in [-0.1, -0.05) is 24.3 Å². The van der Waals surface area contributed by atoms with Crippen LogP contribution in [0.5, 0.6) is 5.75 Å². The highest BCUT2D eigenvalue weighted by Crippen LogP contribution is 2.27. The Hall–Kier alpha value is -2.47. The Labute approximate surface area is 157 Å². The standard InChI is InChI=1S/C20H21NO4S/c1-24-16-7-9-17(10-8-16)26-13-19(22)21-12-15-6-4-3-5-14(15)11-18(21)20(23)25-2/h3-10,18H,11-13H2,1-2H3/t18-/m0/s1. The Balaban J connectivity index is 1.71. The van der Waals surface area contributed by atoms with Gasteiger partial charge in [0.2, 0.25) is 5.91 Å². The number of carbonyl (C=O) groups is 2. The monoisotopic (exact) mass is 371 g/mol. The Bertz CT molecular complexity index is 791. The highest BCUT2D eigenvalue weighted by molar-refractivity contribution is 8.00. The molecule has 1 atom stereocenters. The van der Waals surface area contributed by atoms with Gasteiger partial charge in [0.15, 0.2) is 0 Å². The third-order valence-corrected chi connectivity index (χ3v) is 5.46. The fourth-order valence-corrected chi connectivity index (χ4v) is 3.82. The minimum atomic E-state index is -0.570. The first-order valence-corrected chi connectivity index (χ1v) is 9.32. The summed E-state index contributed by atoms with van der Waals surface area (Å²) >= 11 is 1.45. The molecule has 2 aromatic carbocycles. The molecule has 0 unspecified atom stereocenters. The van der Waals surface area contributed by atoms with Gasteiger partial charge in [-0.25, -0.2) is 4.79 Å². The number of hydrogen-bond acceptors (Lipinski definition) is 5. The second-order valence-electron chi connectivity index (χ2n) is 6.00. The zero-order chi connectivity index (χ0) is 18.5. The molecule has 26 heavy (non-hydrogen) atoms. The number of esters is 1. The van der Waals surface area contributed by atoms with Crippen LogP contribution in [-0.4, -0.2) is 42.8 Å². The number of hydrogen-bond donors (Lipinski definition) is 0. The molecule has 0 spiro atoms. The first-order valence-electron chi connectivity index (χ1n) is 8.33. The topological polar surface area (TPSA) is 55.8 Å². The molecule has 5 nitrogen and oxygen atoms in total. The SMILES string of the molecule is COC(=O)[C@@H]1Cc2ccccc2CN1C(=O)CSc1ccc(OC)cc1. The smallest absolute Gasteiger partial charge is 0.328 e. The van der Waals surface area contributed by atoms with Gasteiger partial charge in [0, 0.05) is 17.9 Å². The van der Waals surface area contributed by atoms with Gasteiger partial charge in [0.1, 0.15) is 11.8 Å². The van der Waals surface area contributed by atoms with Crippen molar-refractivity contribution < 1.29 is 19.1 Å². The normalized spacial score (nSPS) is 15.9. The third kappa shape index (κ3) is 4.02. The quantitative estimate of drug-likeness (QED) is 0.598. The van der Waals surface area contributed by atoms with Crippen LogP contribution in [-0.2, 0) is 27.3 Å². The van der Waals surface area contributed by atoms with E-state index >= 15 is 0 Å². The van der Waals surface area contributed by atoms with E-state index < -0.39 is 6.04 Å². The molecule has 0 aromatic heterocycles. The molecule has 1 heterocycles. The Morgan fingerprint density at radius 3 is 2.42 bits per heavy atom. The van der Waals surface area contributed by atoms with E-state index in [0.29, 0.717) is 13.0 Å². The largest absolute Gasteiger partial charge is 0.497 e. The Kier molecular flexibility index (Phi) is 5.83. The van der Waals surface area contributed by atoms with Gasteiger partial charge in [-0.3, -0.25) is 4.79 Å². The highest BCUT2D eigenvalue weighted by Gasteiger charge is 2.35. The van der Waals surface area contributed by atoms with E-state index in [-0.39, 0.29) is 17.6 Å². The van der Waals surface area contributed by atoms with Crippen molar-refractivity contribution in [2.75, 3.05) is 20.0 Å². The minimum absolute atomic E-state index is 0.0734. The first-order chi connectivity index (χ1) is 12.6. The van der Waals surface area contributed by atoms with E-state index in [1.165, 1.54) is 18.9 Å². The van der Waals surface area contributed by atoms with Gasteiger partial charge in [-0.15, -0.1) is 11.8 Å². The van der Waals surface area contributed by atoms with Gasteiger partial charge in [-0.05, 0) is 35.4 Å². The van der Waals surface area contributed by atoms with Crippen LogP contribution in [0.2, 0.25) is 0 Å². The van der Waals surface area contributed by atoms with Crippen molar-refractivity contribution in [2.24, 2.45) is 0 Å². The number of carbonyl (C=O) groups excluding carboxylic acids is 2. The lowest BCUT2D eigenvalue weighted by Gasteiger charge is -2.35. The predicted molar refractivity (Wildman–Crippen MR) is 100 cm³/mol. The highest BCUT2D eigenvalue weighted by atomic mass is 32.2. The fraction of sp³-hybridized carbons (Fsp3) is 0.300. The lowest BCUT2D eigenvalue weighted by atomic mass is 9.94. The van der Waals surface area contributed by atoms with Gasteiger partial charge < -0.3 is 14.4 Å². The molecule has 0 bridgehead atoms. The summed E-state index contributed by atoms with van der Waals surface area (Å²) in [4.78, 5) is 27.6. The molecule has 2 aromatic rings. The van der Waals surface area contributed by atoms with Gasteiger partial charge >= 0.3 is 5.97 Å². The zero-order valence-corrected chi connectivity index (χ0v) is 15.6. The number of ether oxygens (including phenoxy) is 2. The Morgan fingerprint density at radius 1 is 1.08 bits per heavy atom. The zero-order valence-electron chi connectivity index (χ0n) is 14.8. The van der Waals surface area contributed by atoms with Crippen LogP contribution in [0.1, 0.15) is 11.1 Å². The number of rotatable bonds is 5. The number of benzene rings is 2. The number of amides is 1. The number of fused-ring (bicyclic) bond motifs is 1. The van der Waals surface area contributed by atoms with Crippen molar-refractivity contribution in [1.82, 2.24) is 4.90 Å². The van der Waals surface area contributed by atoms with Crippen LogP contribution in [0, 0.1) is 0 Å². The van der Waals surface area contributed by atoms with E-state index in [9.17, 15) is 9.59 Å². The van der Waals surface area contributed by atoms with E-state index in [2.05, 4.69) is 0 Å². The summed E-state index contributed by atoms with van der Waals surface area (Å²) in [6, 6.07) is 14.9. The maximum Gasteiger partial charge on any atom is 0.328 e.